The van der Waals surface area contributed by atoms with E-state index < -0.39 is 7.60 Å². The predicted octanol–water partition coefficient (Wildman–Crippen LogP) is 4.01. The van der Waals surface area contributed by atoms with E-state index in [-0.39, 0.29) is 12.3 Å². The van der Waals surface area contributed by atoms with Crippen LogP contribution in [-0.4, -0.2) is 11.0 Å². The summed E-state index contributed by atoms with van der Waals surface area (Å²) >= 11 is 4.76. The Labute approximate surface area is 102 Å². The fraction of sp³-hybridized carbons (Fsp3) is 0.556. The molecular formula is C9H14BrO3PS. The molecule has 1 aromatic heterocycles. The zero-order chi connectivity index (χ0) is 11.5. The molecule has 0 saturated heterocycles. The van der Waals surface area contributed by atoms with Crippen molar-refractivity contribution in [2.75, 3.05) is 0 Å². The lowest BCUT2D eigenvalue weighted by atomic mass is 10.3. The quantitative estimate of drug-likeness (QED) is 0.836. The van der Waals surface area contributed by atoms with Crippen LogP contribution < -0.4 is 0 Å². The Morgan fingerprint density at radius 1 is 1.67 bits per heavy atom. The summed E-state index contributed by atoms with van der Waals surface area (Å²) in [4.78, 5) is 10.5. The number of rotatable bonds is 5. The standard InChI is InChI=1S/C9H14BrO3PS/c1-3-7(2)13-14(11,12)6-8-4-5-9(10)15-8/h4-5,7H,3,6H2,1-2H3,(H,11,12). The molecule has 6 heteroatoms. The van der Waals surface area contributed by atoms with E-state index in [1.807, 2.05) is 19.1 Å². The molecule has 0 fully saturated rings. The third-order valence-electron chi connectivity index (χ3n) is 1.90. The van der Waals surface area contributed by atoms with Crippen LogP contribution in [0.1, 0.15) is 25.1 Å². The third kappa shape index (κ3) is 4.79. The topological polar surface area (TPSA) is 46.5 Å². The molecule has 0 aromatic carbocycles. The highest BCUT2D eigenvalue weighted by Crippen LogP contribution is 2.48. The molecule has 0 saturated carbocycles. The molecule has 0 spiro atoms. The van der Waals surface area contributed by atoms with Crippen LogP contribution in [0.15, 0.2) is 15.9 Å². The molecule has 0 amide bonds. The first-order valence-electron chi connectivity index (χ1n) is 4.67. The molecule has 2 unspecified atom stereocenters. The molecule has 1 rings (SSSR count). The molecule has 1 heterocycles. The molecule has 1 N–H and O–H groups in total. The van der Waals surface area contributed by atoms with Crippen molar-refractivity contribution in [1.29, 1.82) is 0 Å². The van der Waals surface area contributed by atoms with E-state index in [1.165, 1.54) is 11.3 Å². The monoisotopic (exact) mass is 312 g/mol. The van der Waals surface area contributed by atoms with Crippen molar-refractivity contribution in [1.82, 2.24) is 0 Å². The Balaban J connectivity index is 2.60. The average Bonchev–Trinajstić information content (AvgIpc) is 2.49. The summed E-state index contributed by atoms with van der Waals surface area (Å²) in [7, 11) is -3.48. The van der Waals surface area contributed by atoms with Gasteiger partial charge in [-0.3, -0.25) is 4.57 Å². The lowest BCUT2D eigenvalue weighted by molar-refractivity contribution is 0.185. The second-order valence-corrected chi connectivity index (χ2v) is 7.68. The first-order valence-corrected chi connectivity index (χ1v) is 8.04. The molecule has 1 aromatic rings. The fourth-order valence-corrected chi connectivity index (χ4v) is 4.34. The van der Waals surface area contributed by atoms with Gasteiger partial charge in [-0.1, -0.05) is 6.92 Å². The molecule has 15 heavy (non-hydrogen) atoms. The van der Waals surface area contributed by atoms with E-state index in [4.69, 9.17) is 4.52 Å². The second-order valence-electron chi connectivity index (χ2n) is 3.33. The van der Waals surface area contributed by atoms with Crippen molar-refractivity contribution in [2.24, 2.45) is 0 Å². The van der Waals surface area contributed by atoms with Crippen molar-refractivity contribution < 1.29 is 14.0 Å². The van der Waals surface area contributed by atoms with Gasteiger partial charge in [0.2, 0.25) is 0 Å². The molecule has 2 atom stereocenters. The van der Waals surface area contributed by atoms with Crippen molar-refractivity contribution in [3.05, 3.63) is 20.8 Å². The Morgan fingerprint density at radius 3 is 2.80 bits per heavy atom. The molecule has 86 valence electrons. The molecule has 0 aliphatic rings. The summed E-state index contributed by atoms with van der Waals surface area (Å²) in [5.74, 6) is 0. The zero-order valence-electron chi connectivity index (χ0n) is 8.64. The molecule has 0 aliphatic carbocycles. The van der Waals surface area contributed by atoms with Crippen LogP contribution in [0.25, 0.3) is 0 Å². The van der Waals surface area contributed by atoms with Gasteiger partial charge in [-0.25, -0.2) is 0 Å². The molecule has 0 radical (unpaired) electrons. The fourth-order valence-electron chi connectivity index (χ4n) is 1.03. The lowest BCUT2D eigenvalue weighted by Crippen LogP contribution is -2.05. The highest BCUT2D eigenvalue weighted by molar-refractivity contribution is 9.11. The first-order chi connectivity index (χ1) is 6.93. The highest BCUT2D eigenvalue weighted by atomic mass is 79.9. The van der Waals surface area contributed by atoms with Gasteiger partial charge in [0.25, 0.3) is 0 Å². The minimum Gasteiger partial charge on any atom is -0.324 e. The summed E-state index contributed by atoms with van der Waals surface area (Å²) in [5, 5.41) is 0. The number of thiophene rings is 1. The Bertz CT molecular complexity index is 366. The molecule has 0 aliphatic heterocycles. The Morgan fingerprint density at radius 2 is 2.33 bits per heavy atom. The first kappa shape index (κ1) is 13.4. The predicted molar refractivity (Wildman–Crippen MR) is 66.4 cm³/mol. The van der Waals surface area contributed by atoms with Crippen molar-refractivity contribution in [3.8, 4) is 0 Å². The number of hydrogen-bond acceptors (Lipinski definition) is 3. The van der Waals surface area contributed by atoms with Crippen LogP contribution in [-0.2, 0) is 15.3 Å². The average molecular weight is 313 g/mol. The largest absolute Gasteiger partial charge is 0.333 e. The van der Waals surface area contributed by atoms with Gasteiger partial charge in [0.05, 0.1) is 16.1 Å². The van der Waals surface area contributed by atoms with Crippen molar-refractivity contribution >= 4 is 34.9 Å². The van der Waals surface area contributed by atoms with Crippen LogP contribution in [0.4, 0.5) is 0 Å². The van der Waals surface area contributed by atoms with Crippen LogP contribution in [0.3, 0.4) is 0 Å². The normalized spacial score (nSPS) is 17.3. The maximum Gasteiger partial charge on any atom is 0.333 e. The zero-order valence-corrected chi connectivity index (χ0v) is 11.9. The van der Waals surface area contributed by atoms with E-state index in [0.717, 1.165) is 15.1 Å². The van der Waals surface area contributed by atoms with Gasteiger partial charge in [0.1, 0.15) is 0 Å². The van der Waals surface area contributed by atoms with Crippen LogP contribution in [0.2, 0.25) is 0 Å². The summed E-state index contributed by atoms with van der Waals surface area (Å²) in [6.45, 7) is 3.72. The van der Waals surface area contributed by atoms with E-state index in [1.54, 1.807) is 6.92 Å². The maximum atomic E-state index is 11.7. The lowest BCUT2D eigenvalue weighted by Gasteiger charge is -2.15. The van der Waals surface area contributed by atoms with Crippen molar-refractivity contribution in [3.63, 3.8) is 0 Å². The van der Waals surface area contributed by atoms with Gasteiger partial charge in [-0.05, 0) is 41.4 Å². The summed E-state index contributed by atoms with van der Waals surface area (Å²) in [6.07, 6.45) is 0.649. The third-order valence-corrected chi connectivity index (χ3v) is 5.17. The Hall–Kier alpha value is 0.330. The summed E-state index contributed by atoms with van der Waals surface area (Å²) in [5.41, 5.74) is 0. The molecule has 3 nitrogen and oxygen atoms in total. The highest BCUT2D eigenvalue weighted by Gasteiger charge is 2.23. The SMILES string of the molecule is CCC(C)OP(=O)(O)Cc1ccc(Br)s1. The van der Waals surface area contributed by atoms with Gasteiger partial charge >= 0.3 is 7.60 Å². The van der Waals surface area contributed by atoms with Crippen LogP contribution >= 0.6 is 34.9 Å². The minimum absolute atomic E-state index is 0.0909. The van der Waals surface area contributed by atoms with Crippen LogP contribution in [0.5, 0.6) is 0 Å². The minimum atomic E-state index is -3.48. The van der Waals surface area contributed by atoms with Gasteiger partial charge < -0.3 is 9.42 Å². The van der Waals surface area contributed by atoms with E-state index in [0.29, 0.717) is 0 Å². The van der Waals surface area contributed by atoms with Gasteiger partial charge in [0.15, 0.2) is 0 Å². The number of halogens is 1. The second kappa shape index (κ2) is 5.60. The van der Waals surface area contributed by atoms with E-state index >= 15 is 0 Å². The van der Waals surface area contributed by atoms with Gasteiger partial charge in [-0.2, -0.15) is 0 Å². The van der Waals surface area contributed by atoms with Gasteiger partial charge in [0, 0.05) is 4.88 Å². The Kier molecular flexibility index (Phi) is 5.00. The van der Waals surface area contributed by atoms with Crippen LogP contribution in [0, 0.1) is 0 Å². The van der Waals surface area contributed by atoms with Crippen molar-refractivity contribution in [2.45, 2.75) is 32.5 Å². The summed E-state index contributed by atoms with van der Waals surface area (Å²) in [6, 6.07) is 3.70. The molecular weight excluding hydrogens is 299 g/mol. The smallest absolute Gasteiger partial charge is 0.324 e. The summed E-state index contributed by atoms with van der Waals surface area (Å²) < 4.78 is 17.7. The molecule has 0 bridgehead atoms. The maximum absolute atomic E-state index is 11.7. The van der Waals surface area contributed by atoms with E-state index in [9.17, 15) is 9.46 Å². The van der Waals surface area contributed by atoms with Gasteiger partial charge in [-0.15, -0.1) is 11.3 Å². The van der Waals surface area contributed by atoms with E-state index in [2.05, 4.69) is 15.9 Å². The number of hydrogen-bond donors (Lipinski definition) is 1.